The van der Waals surface area contributed by atoms with Crippen LogP contribution in [0, 0.1) is 0 Å². The first-order chi connectivity index (χ1) is 10.2. The second-order valence-corrected chi connectivity index (χ2v) is 6.35. The van der Waals surface area contributed by atoms with Gasteiger partial charge in [-0.1, -0.05) is 25.0 Å². The minimum Gasteiger partial charge on any atom is -0.481 e. The number of ether oxygens (including phenoxy) is 1. The molecule has 1 aromatic carbocycles. The highest BCUT2D eigenvalue weighted by Crippen LogP contribution is 2.30. The Kier molecular flexibility index (Phi) is 4.47. The normalized spacial score (nSPS) is 19.9. The standard InChI is InChI=1S/C18H25NO2/c1-13(18(20)19-15-9-3-4-10-15)21-17-12-6-8-14-7-2-5-11-16(14)17/h6,8,12-13,15H,2-5,7,9-11H2,1H3,(H,19,20)/t13-/m1/s1. The van der Waals surface area contributed by atoms with Crippen molar-refractivity contribution in [1.29, 1.82) is 0 Å². The second-order valence-electron chi connectivity index (χ2n) is 6.35. The van der Waals surface area contributed by atoms with Crippen molar-refractivity contribution in [1.82, 2.24) is 5.32 Å². The molecule has 0 aromatic heterocycles. The summed E-state index contributed by atoms with van der Waals surface area (Å²) in [5.41, 5.74) is 2.70. The van der Waals surface area contributed by atoms with Crippen molar-refractivity contribution in [3.63, 3.8) is 0 Å². The van der Waals surface area contributed by atoms with Crippen molar-refractivity contribution < 1.29 is 9.53 Å². The van der Waals surface area contributed by atoms with E-state index in [9.17, 15) is 4.79 Å². The summed E-state index contributed by atoms with van der Waals surface area (Å²) in [6.07, 6.45) is 8.94. The van der Waals surface area contributed by atoms with Crippen molar-refractivity contribution in [2.24, 2.45) is 0 Å². The van der Waals surface area contributed by atoms with E-state index in [2.05, 4.69) is 11.4 Å². The van der Waals surface area contributed by atoms with E-state index in [0.717, 1.165) is 31.4 Å². The summed E-state index contributed by atoms with van der Waals surface area (Å²) in [7, 11) is 0. The first-order valence-electron chi connectivity index (χ1n) is 8.32. The fourth-order valence-corrected chi connectivity index (χ4v) is 3.49. The number of hydrogen-bond donors (Lipinski definition) is 1. The van der Waals surface area contributed by atoms with Crippen LogP contribution < -0.4 is 10.1 Å². The second kappa shape index (κ2) is 6.50. The van der Waals surface area contributed by atoms with Gasteiger partial charge in [0.05, 0.1) is 0 Å². The summed E-state index contributed by atoms with van der Waals surface area (Å²) < 4.78 is 5.97. The van der Waals surface area contributed by atoms with Gasteiger partial charge in [-0.05, 0) is 62.6 Å². The van der Waals surface area contributed by atoms with Crippen LogP contribution in [0.5, 0.6) is 5.75 Å². The number of fused-ring (bicyclic) bond motifs is 1. The van der Waals surface area contributed by atoms with Gasteiger partial charge in [0, 0.05) is 6.04 Å². The lowest BCUT2D eigenvalue weighted by atomic mass is 9.91. The number of carbonyl (C=O) groups excluding carboxylic acids is 1. The van der Waals surface area contributed by atoms with Crippen molar-refractivity contribution in [2.45, 2.75) is 70.4 Å². The molecule has 21 heavy (non-hydrogen) atoms. The van der Waals surface area contributed by atoms with E-state index in [1.54, 1.807) is 0 Å². The van der Waals surface area contributed by atoms with Crippen LogP contribution in [-0.4, -0.2) is 18.1 Å². The lowest BCUT2D eigenvalue weighted by Gasteiger charge is -2.23. The Morgan fingerprint density at radius 1 is 1.19 bits per heavy atom. The highest BCUT2D eigenvalue weighted by molar-refractivity contribution is 5.81. The fraction of sp³-hybridized carbons (Fsp3) is 0.611. The third kappa shape index (κ3) is 3.39. The molecule has 3 heteroatoms. The molecule has 1 N–H and O–H groups in total. The SMILES string of the molecule is C[C@@H](Oc1cccc2c1CCCC2)C(=O)NC1CCCC1. The molecule has 114 valence electrons. The zero-order chi connectivity index (χ0) is 14.7. The molecule has 0 saturated heterocycles. The summed E-state index contributed by atoms with van der Waals surface area (Å²) in [4.78, 5) is 12.2. The Bertz CT molecular complexity index is 506. The van der Waals surface area contributed by atoms with E-state index >= 15 is 0 Å². The van der Waals surface area contributed by atoms with Gasteiger partial charge in [-0.3, -0.25) is 4.79 Å². The molecule has 2 aliphatic carbocycles. The summed E-state index contributed by atoms with van der Waals surface area (Å²) in [6.45, 7) is 1.85. The number of rotatable bonds is 4. The molecule has 2 aliphatic rings. The number of amides is 1. The molecule has 0 bridgehead atoms. The van der Waals surface area contributed by atoms with Crippen LogP contribution in [0.4, 0.5) is 0 Å². The molecule has 0 aliphatic heterocycles. The van der Waals surface area contributed by atoms with Crippen LogP contribution in [-0.2, 0) is 17.6 Å². The monoisotopic (exact) mass is 287 g/mol. The maximum absolute atomic E-state index is 12.2. The molecular formula is C18H25NO2. The van der Waals surface area contributed by atoms with Gasteiger partial charge in [-0.25, -0.2) is 0 Å². The minimum atomic E-state index is -0.418. The largest absolute Gasteiger partial charge is 0.481 e. The van der Waals surface area contributed by atoms with Gasteiger partial charge in [-0.2, -0.15) is 0 Å². The molecule has 0 radical (unpaired) electrons. The van der Waals surface area contributed by atoms with Crippen LogP contribution in [0.1, 0.15) is 56.6 Å². The highest BCUT2D eigenvalue weighted by Gasteiger charge is 2.23. The molecule has 0 heterocycles. The molecule has 0 spiro atoms. The Labute approximate surface area is 127 Å². The Hall–Kier alpha value is -1.51. The zero-order valence-corrected chi connectivity index (χ0v) is 12.9. The number of aryl methyl sites for hydroxylation is 1. The fourth-order valence-electron chi connectivity index (χ4n) is 3.49. The van der Waals surface area contributed by atoms with Gasteiger partial charge >= 0.3 is 0 Å². The zero-order valence-electron chi connectivity index (χ0n) is 12.9. The lowest BCUT2D eigenvalue weighted by molar-refractivity contribution is -0.128. The molecule has 0 unspecified atom stereocenters. The summed E-state index contributed by atoms with van der Waals surface area (Å²) in [5.74, 6) is 0.927. The average Bonchev–Trinajstić information content (AvgIpc) is 3.00. The van der Waals surface area contributed by atoms with E-state index in [0.29, 0.717) is 6.04 Å². The summed E-state index contributed by atoms with van der Waals surface area (Å²) >= 11 is 0. The quantitative estimate of drug-likeness (QED) is 0.922. The van der Waals surface area contributed by atoms with Crippen LogP contribution >= 0.6 is 0 Å². The van der Waals surface area contributed by atoms with Crippen LogP contribution in [0.3, 0.4) is 0 Å². The van der Waals surface area contributed by atoms with Gasteiger partial charge in [0.2, 0.25) is 0 Å². The third-order valence-corrected chi connectivity index (χ3v) is 4.73. The Morgan fingerprint density at radius 3 is 2.76 bits per heavy atom. The smallest absolute Gasteiger partial charge is 0.260 e. The number of benzene rings is 1. The Balaban J connectivity index is 1.64. The molecular weight excluding hydrogens is 262 g/mol. The Morgan fingerprint density at radius 2 is 1.95 bits per heavy atom. The lowest BCUT2D eigenvalue weighted by Crippen LogP contribution is -2.41. The predicted octanol–water partition coefficient (Wildman–Crippen LogP) is 3.39. The van der Waals surface area contributed by atoms with Crippen LogP contribution in [0.25, 0.3) is 0 Å². The van der Waals surface area contributed by atoms with Crippen LogP contribution in [0.15, 0.2) is 18.2 Å². The maximum atomic E-state index is 12.2. The van der Waals surface area contributed by atoms with Crippen LogP contribution in [0.2, 0.25) is 0 Å². The molecule has 3 nitrogen and oxygen atoms in total. The first kappa shape index (κ1) is 14.4. The van der Waals surface area contributed by atoms with Gasteiger partial charge in [0.1, 0.15) is 5.75 Å². The average molecular weight is 287 g/mol. The minimum absolute atomic E-state index is 0.0234. The summed E-state index contributed by atoms with van der Waals surface area (Å²) in [5, 5.41) is 3.11. The number of carbonyl (C=O) groups is 1. The molecule has 1 saturated carbocycles. The van der Waals surface area contributed by atoms with E-state index in [1.807, 2.05) is 19.1 Å². The van der Waals surface area contributed by atoms with Crippen molar-refractivity contribution in [2.75, 3.05) is 0 Å². The predicted molar refractivity (Wildman–Crippen MR) is 83.6 cm³/mol. The maximum Gasteiger partial charge on any atom is 0.260 e. The van der Waals surface area contributed by atoms with Gasteiger partial charge in [-0.15, -0.1) is 0 Å². The number of nitrogens with one attached hydrogen (secondary N) is 1. The van der Waals surface area contributed by atoms with E-state index < -0.39 is 6.10 Å². The van der Waals surface area contributed by atoms with Crippen molar-refractivity contribution in [3.8, 4) is 5.75 Å². The van der Waals surface area contributed by atoms with Crippen molar-refractivity contribution in [3.05, 3.63) is 29.3 Å². The molecule has 1 fully saturated rings. The van der Waals surface area contributed by atoms with Gasteiger partial charge in [0.15, 0.2) is 6.10 Å². The highest BCUT2D eigenvalue weighted by atomic mass is 16.5. The summed E-state index contributed by atoms with van der Waals surface area (Å²) in [6, 6.07) is 6.59. The molecule has 1 amide bonds. The number of hydrogen-bond acceptors (Lipinski definition) is 2. The molecule has 3 rings (SSSR count). The van der Waals surface area contributed by atoms with Gasteiger partial charge in [0.25, 0.3) is 5.91 Å². The van der Waals surface area contributed by atoms with E-state index in [-0.39, 0.29) is 5.91 Å². The van der Waals surface area contributed by atoms with Crippen molar-refractivity contribution >= 4 is 5.91 Å². The molecule has 1 atom stereocenters. The van der Waals surface area contributed by atoms with Gasteiger partial charge < -0.3 is 10.1 Å². The van der Waals surface area contributed by atoms with E-state index in [1.165, 1.54) is 36.8 Å². The van der Waals surface area contributed by atoms with E-state index in [4.69, 9.17) is 4.74 Å². The first-order valence-corrected chi connectivity index (χ1v) is 8.32. The topological polar surface area (TPSA) is 38.3 Å². The third-order valence-electron chi connectivity index (χ3n) is 4.73. The molecule has 1 aromatic rings.